The fraction of sp³-hybridized carbons (Fsp3) is 0.231. The summed E-state index contributed by atoms with van der Waals surface area (Å²) in [6, 6.07) is 17.6. The third-order valence-corrected chi connectivity index (χ3v) is 7.85. The fourth-order valence-corrected chi connectivity index (χ4v) is 5.79. The van der Waals surface area contributed by atoms with Crippen molar-refractivity contribution >= 4 is 39.0 Å². The van der Waals surface area contributed by atoms with Crippen molar-refractivity contribution in [2.75, 3.05) is 25.0 Å². The van der Waals surface area contributed by atoms with E-state index in [2.05, 4.69) is 5.32 Å². The number of sulfonamides is 1. The summed E-state index contributed by atoms with van der Waals surface area (Å²) in [4.78, 5) is 26.2. The van der Waals surface area contributed by atoms with Crippen LogP contribution in [0.3, 0.4) is 0 Å². The number of carbonyl (C=O) groups is 2. The van der Waals surface area contributed by atoms with Crippen molar-refractivity contribution in [1.29, 1.82) is 0 Å². The first-order valence-electron chi connectivity index (χ1n) is 11.3. The topological polar surface area (TPSA) is 92.8 Å². The molecule has 0 unspecified atom stereocenters. The molecule has 4 rings (SSSR count). The van der Waals surface area contributed by atoms with Crippen molar-refractivity contribution < 1.29 is 22.7 Å². The second kappa shape index (κ2) is 10.6. The summed E-state index contributed by atoms with van der Waals surface area (Å²) in [6.45, 7) is 2.91. The van der Waals surface area contributed by atoms with E-state index < -0.39 is 15.9 Å². The summed E-state index contributed by atoms with van der Waals surface area (Å²) >= 11 is 6.13. The molecule has 3 aromatic rings. The molecule has 182 valence electrons. The number of nitrogens with one attached hydrogen (secondary N) is 1. The summed E-state index contributed by atoms with van der Waals surface area (Å²) in [5.41, 5.74) is 1.07. The Kier molecular flexibility index (Phi) is 7.54. The molecule has 35 heavy (non-hydrogen) atoms. The van der Waals surface area contributed by atoms with Gasteiger partial charge in [-0.25, -0.2) is 8.42 Å². The normalized spacial score (nSPS) is 14.0. The number of anilines is 1. The molecule has 0 aromatic heterocycles. The first-order chi connectivity index (χ1) is 16.8. The smallest absolute Gasteiger partial charge is 0.255 e. The number of nitrogens with zero attached hydrogens (tertiary/aromatic N) is 1. The lowest BCUT2D eigenvalue weighted by molar-refractivity contribution is 0.102. The van der Waals surface area contributed by atoms with Crippen LogP contribution >= 0.6 is 11.6 Å². The first-order valence-corrected chi connectivity index (χ1v) is 13.1. The zero-order valence-corrected chi connectivity index (χ0v) is 20.7. The third-order valence-electron chi connectivity index (χ3n) is 5.70. The Morgan fingerprint density at radius 2 is 1.69 bits per heavy atom. The molecule has 1 saturated heterocycles. The lowest BCUT2D eigenvalue weighted by Crippen LogP contribution is -2.28. The summed E-state index contributed by atoms with van der Waals surface area (Å²) in [5.74, 6) is -0.662. The highest BCUT2D eigenvalue weighted by atomic mass is 35.5. The number of benzene rings is 3. The van der Waals surface area contributed by atoms with Crippen LogP contribution in [-0.4, -0.2) is 44.1 Å². The molecule has 1 N–H and O–H groups in total. The number of hydrogen-bond donors (Lipinski definition) is 1. The van der Waals surface area contributed by atoms with Gasteiger partial charge in [0.25, 0.3) is 5.91 Å². The predicted octanol–water partition coefficient (Wildman–Crippen LogP) is 5.01. The maximum absolute atomic E-state index is 13.3. The number of amides is 1. The van der Waals surface area contributed by atoms with E-state index in [1.807, 2.05) is 0 Å². The molecule has 0 saturated carbocycles. The van der Waals surface area contributed by atoms with Gasteiger partial charge in [0.15, 0.2) is 5.78 Å². The Labute approximate surface area is 209 Å². The van der Waals surface area contributed by atoms with Crippen molar-refractivity contribution in [3.63, 3.8) is 0 Å². The average Bonchev–Trinajstić information content (AvgIpc) is 3.42. The van der Waals surface area contributed by atoms with Crippen LogP contribution in [0.2, 0.25) is 5.02 Å². The minimum Gasteiger partial charge on any atom is -0.492 e. The van der Waals surface area contributed by atoms with Gasteiger partial charge in [0, 0.05) is 34.8 Å². The lowest BCUT2D eigenvalue weighted by atomic mass is 10.0. The van der Waals surface area contributed by atoms with Gasteiger partial charge < -0.3 is 10.1 Å². The quantitative estimate of drug-likeness (QED) is 0.428. The highest BCUT2D eigenvalue weighted by molar-refractivity contribution is 7.89. The monoisotopic (exact) mass is 512 g/mol. The summed E-state index contributed by atoms with van der Waals surface area (Å²) in [5, 5.41) is 3.09. The van der Waals surface area contributed by atoms with Crippen molar-refractivity contribution in [2.45, 2.75) is 24.7 Å². The van der Waals surface area contributed by atoms with E-state index in [0.717, 1.165) is 12.8 Å². The van der Waals surface area contributed by atoms with E-state index in [9.17, 15) is 18.0 Å². The molecular formula is C26H25ClN2O5S. The zero-order valence-electron chi connectivity index (χ0n) is 19.2. The van der Waals surface area contributed by atoms with Crippen LogP contribution in [-0.2, 0) is 10.0 Å². The van der Waals surface area contributed by atoms with Gasteiger partial charge in [-0.3, -0.25) is 9.59 Å². The van der Waals surface area contributed by atoms with Gasteiger partial charge in [0.2, 0.25) is 10.0 Å². The van der Waals surface area contributed by atoms with E-state index in [1.54, 1.807) is 49.4 Å². The summed E-state index contributed by atoms with van der Waals surface area (Å²) in [6.07, 6.45) is 1.58. The Morgan fingerprint density at radius 3 is 2.37 bits per heavy atom. The number of ketones is 1. The minimum absolute atomic E-state index is 0.0504. The second-order valence-corrected chi connectivity index (χ2v) is 10.4. The second-order valence-electron chi connectivity index (χ2n) is 8.04. The van der Waals surface area contributed by atoms with Crippen LogP contribution in [0.1, 0.15) is 46.0 Å². The molecule has 0 aliphatic carbocycles. The maximum atomic E-state index is 13.3. The molecule has 1 amide bonds. The Bertz CT molecular complexity index is 1350. The van der Waals surface area contributed by atoms with E-state index in [4.69, 9.17) is 16.3 Å². The predicted molar refractivity (Wildman–Crippen MR) is 135 cm³/mol. The van der Waals surface area contributed by atoms with Crippen LogP contribution in [0.5, 0.6) is 5.75 Å². The number of ether oxygens (including phenoxy) is 1. The van der Waals surface area contributed by atoms with Gasteiger partial charge in [-0.15, -0.1) is 0 Å². The molecule has 3 aromatic carbocycles. The number of carbonyl (C=O) groups excluding carboxylic acids is 2. The lowest BCUT2D eigenvalue weighted by Gasteiger charge is -2.19. The SMILES string of the molecule is CCOc1ccc(C(=O)Nc2ccc(Cl)cc2C(=O)c2ccccc2)cc1S(=O)(=O)N1CCCC1. The Hall–Kier alpha value is -3.20. The Morgan fingerprint density at radius 1 is 0.971 bits per heavy atom. The molecule has 0 bridgehead atoms. The molecule has 9 heteroatoms. The molecule has 0 atom stereocenters. The maximum Gasteiger partial charge on any atom is 0.255 e. The van der Waals surface area contributed by atoms with Crippen molar-refractivity contribution in [3.8, 4) is 5.75 Å². The summed E-state index contributed by atoms with van der Waals surface area (Å²) in [7, 11) is -3.83. The molecule has 0 spiro atoms. The number of halogens is 1. The highest BCUT2D eigenvalue weighted by Gasteiger charge is 2.31. The molecule has 7 nitrogen and oxygen atoms in total. The molecule has 1 fully saturated rings. The van der Waals surface area contributed by atoms with Crippen molar-refractivity contribution in [1.82, 2.24) is 4.31 Å². The molecule has 0 radical (unpaired) electrons. The number of hydrogen-bond acceptors (Lipinski definition) is 5. The van der Waals surface area contributed by atoms with Crippen LogP contribution in [0.15, 0.2) is 71.6 Å². The van der Waals surface area contributed by atoms with Crippen LogP contribution < -0.4 is 10.1 Å². The highest BCUT2D eigenvalue weighted by Crippen LogP contribution is 2.31. The third kappa shape index (κ3) is 5.40. The molecule has 1 aliphatic heterocycles. The van der Waals surface area contributed by atoms with Crippen molar-refractivity contribution in [3.05, 3.63) is 88.4 Å². The van der Waals surface area contributed by atoms with Gasteiger partial charge in [0.1, 0.15) is 10.6 Å². The van der Waals surface area contributed by atoms with E-state index >= 15 is 0 Å². The summed E-state index contributed by atoms with van der Waals surface area (Å²) < 4.78 is 33.5. The van der Waals surface area contributed by atoms with Gasteiger partial charge in [0.05, 0.1) is 12.3 Å². The van der Waals surface area contributed by atoms with Crippen LogP contribution in [0, 0.1) is 0 Å². The minimum atomic E-state index is -3.83. The van der Waals surface area contributed by atoms with Gasteiger partial charge in [-0.2, -0.15) is 4.31 Å². The van der Waals surface area contributed by atoms with Crippen LogP contribution in [0.4, 0.5) is 5.69 Å². The fourth-order valence-electron chi connectivity index (χ4n) is 3.95. The van der Waals surface area contributed by atoms with E-state index in [-0.39, 0.29) is 39.8 Å². The molecule has 1 heterocycles. The van der Waals surface area contributed by atoms with E-state index in [0.29, 0.717) is 23.7 Å². The van der Waals surface area contributed by atoms with Crippen LogP contribution in [0.25, 0.3) is 0 Å². The molecular weight excluding hydrogens is 488 g/mol. The zero-order chi connectivity index (χ0) is 25.0. The van der Waals surface area contributed by atoms with Gasteiger partial charge in [-0.05, 0) is 56.2 Å². The standard InChI is InChI=1S/C26H25ClN2O5S/c1-2-34-23-13-10-19(16-24(23)35(32,33)29-14-6-7-15-29)26(31)28-22-12-11-20(27)17-21(22)25(30)18-8-4-3-5-9-18/h3-5,8-13,16-17H,2,6-7,14-15H2,1H3,(H,28,31). The van der Waals surface area contributed by atoms with E-state index in [1.165, 1.54) is 28.6 Å². The molecule has 1 aliphatic rings. The average molecular weight is 513 g/mol. The van der Waals surface area contributed by atoms with Gasteiger partial charge in [-0.1, -0.05) is 41.9 Å². The Balaban J connectivity index is 1.68. The largest absolute Gasteiger partial charge is 0.492 e. The first kappa shape index (κ1) is 24.9. The van der Waals surface area contributed by atoms with Gasteiger partial charge >= 0.3 is 0 Å². The number of rotatable bonds is 8. The van der Waals surface area contributed by atoms with Crippen molar-refractivity contribution in [2.24, 2.45) is 0 Å².